The van der Waals surface area contributed by atoms with E-state index in [0.717, 1.165) is 0 Å². The van der Waals surface area contributed by atoms with E-state index in [9.17, 15) is 325 Å². The summed E-state index contributed by atoms with van der Waals surface area (Å²) in [6.07, 6.45) is -26.1. The van der Waals surface area contributed by atoms with Gasteiger partial charge in [0.05, 0.1) is 0 Å². The molecule has 0 aromatic carbocycles. The summed E-state index contributed by atoms with van der Waals surface area (Å²) in [5.74, 6) is -355. The van der Waals surface area contributed by atoms with Crippen molar-refractivity contribution in [1.82, 2.24) is 0 Å². The van der Waals surface area contributed by atoms with Crippen molar-refractivity contribution in [3.8, 4) is 0 Å². The molecule has 0 N–H and O–H groups in total. The summed E-state index contributed by atoms with van der Waals surface area (Å²) in [7, 11) is 0. The van der Waals surface area contributed by atoms with Gasteiger partial charge in [0.2, 0.25) is 0 Å². The number of thioether (sulfide) groups is 1. The molecule has 0 amide bonds. The Hall–Kier alpha value is -4.83. The molecule has 0 nitrogen and oxygen atoms in total. The average Bonchev–Trinajstić information content (AvgIpc) is 0.678. The van der Waals surface area contributed by atoms with E-state index < -0.39 is 250 Å². The van der Waals surface area contributed by atoms with Gasteiger partial charge in [0.25, 0.3) is 0 Å². The lowest BCUT2D eigenvalue weighted by Gasteiger charge is -2.47. The second kappa shape index (κ2) is 27.3. The Kier molecular flexibility index (Phi) is 26.2. The van der Waals surface area contributed by atoms with Gasteiger partial charge in [0.1, 0.15) is 0 Å². The monoisotopic (exact) mass is 1930 g/mol. The van der Waals surface area contributed by atoms with Gasteiger partial charge in [-0.05, 0) is 11.5 Å². The van der Waals surface area contributed by atoms with Gasteiger partial charge in [-0.2, -0.15) is 337 Å². The van der Waals surface area contributed by atoms with Crippen LogP contribution in [0.5, 0.6) is 0 Å². The van der Waals surface area contributed by atoms with Crippen LogP contribution in [0.1, 0.15) is 12.8 Å². The normalized spacial score (nSPS) is 17.5. The molecule has 0 aliphatic heterocycles. The second-order valence-corrected chi connectivity index (χ2v) is 23.1. The zero-order chi connectivity index (χ0) is 95.5. The molecule has 0 aliphatic rings. The smallest absolute Gasteiger partial charge is 0.200 e. The first kappa shape index (κ1) is 110. The molecule has 0 unspecified atom stereocenters. The molecule has 115 heavy (non-hydrogen) atoms. The predicted octanol–water partition coefficient (Wildman–Crippen LogP) is 25.2. The highest BCUT2D eigenvalue weighted by Crippen LogP contribution is 2.75. The van der Waals surface area contributed by atoms with E-state index in [1.54, 1.807) is 0 Å². The Labute approximate surface area is 575 Å². The minimum Gasteiger partial charge on any atom is -0.200 e. The molecule has 0 aromatic heterocycles. The Balaban J connectivity index is 7.61. The molecule has 0 spiro atoms. The molecule has 0 saturated carbocycles. The number of hydrogen-bond acceptors (Lipinski definition) is 1. The molecule has 0 radical (unpaired) electrons. The molecule has 0 aliphatic carbocycles. The predicted molar refractivity (Wildman–Crippen MR) is 207 cm³/mol. The van der Waals surface area contributed by atoms with Crippen molar-refractivity contribution in [3.63, 3.8) is 0 Å². The standard InChI is InChI=1S/C40H8F74S/c41-5(42,7(45,46)9(49,50)11(53,54)13(57,58)15(61,62)17(65,66)19(69,70)21(73,74)23(77,78)25(81,82)27(85,86)29(89,90)31(93,94)33(97,98)35(101,102)37(105,106)39(109,110)111)1-3-115-4-2-6(43,44)8(47,48)10(51,52)12(55,56)14(59,60)16(63,64)18(67,68)20(71,72)22(75,76)24(79,80)26(83,84)28(87,88)30(91,92)32(95,96)34(99,100)36(103,104)38(107,108)40(112,113)114/h1-4H2. The third-order valence-electron chi connectivity index (χ3n) is 14.6. The second-order valence-electron chi connectivity index (χ2n) is 21.9. The van der Waals surface area contributed by atoms with E-state index in [1.807, 2.05) is 0 Å². The Bertz CT molecular complexity index is 3180. The summed E-state index contributed by atoms with van der Waals surface area (Å²) < 4.78 is 1030. The van der Waals surface area contributed by atoms with Gasteiger partial charge in [-0.25, -0.2) is 0 Å². The third kappa shape index (κ3) is 12.9. The fourth-order valence-corrected chi connectivity index (χ4v) is 8.16. The SMILES string of the molecule is FC(F)(F)C(F)(F)C(F)(F)C(F)(F)C(F)(F)C(F)(F)C(F)(F)C(F)(F)C(F)(F)C(F)(F)C(F)(F)C(F)(F)C(F)(F)C(F)(F)C(F)(F)C(F)(F)C(F)(F)C(F)(F)CCSCCC(F)(F)C(F)(F)C(F)(F)C(F)(F)C(F)(F)C(F)(F)C(F)(F)C(F)(F)C(F)(F)C(F)(F)C(F)(F)C(F)(F)C(F)(F)C(F)(F)C(F)(F)C(F)(F)C(F)(F)C(F)(F)F. The van der Waals surface area contributed by atoms with Crippen molar-refractivity contribution in [2.24, 2.45) is 0 Å². The molecule has 0 bridgehead atoms. The van der Waals surface area contributed by atoms with Crippen LogP contribution < -0.4 is 0 Å². The van der Waals surface area contributed by atoms with Crippen LogP contribution in [0.3, 0.4) is 0 Å². The van der Waals surface area contributed by atoms with Crippen LogP contribution in [0.25, 0.3) is 0 Å². The van der Waals surface area contributed by atoms with Gasteiger partial charge in [-0.15, -0.1) is 0 Å². The lowest BCUT2D eigenvalue weighted by atomic mass is 9.82. The lowest BCUT2D eigenvalue weighted by Crippen LogP contribution is -2.80. The largest absolute Gasteiger partial charge is 0.460 e. The number of alkyl halides is 74. The van der Waals surface area contributed by atoms with Gasteiger partial charge >= 0.3 is 214 Å². The zero-order valence-electron chi connectivity index (χ0n) is 49.2. The van der Waals surface area contributed by atoms with E-state index in [0.29, 0.717) is 0 Å². The maximum absolute atomic E-state index is 14.4. The van der Waals surface area contributed by atoms with Crippen molar-refractivity contribution < 1.29 is 325 Å². The molecule has 0 fully saturated rings. The van der Waals surface area contributed by atoms with Crippen LogP contribution in [0, 0.1) is 0 Å². The molecule has 692 valence electrons. The van der Waals surface area contributed by atoms with E-state index in [-0.39, 0.29) is 0 Å². The van der Waals surface area contributed by atoms with Crippen molar-refractivity contribution in [2.45, 2.75) is 227 Å². The van der Waals surface area contributed by atoms with E-state index in [1.165, 1.54) is 0 Å². The zero-order valence-corrected chi connectivity index (χ0v) is 50.0. The minimum atomic E-state index is -10.9. The van der Waals surface area contributed by atoms with Crippen LogP contribution in [0.4, 0.5) is 325 Å². The van der Waals surface area contributed by atoms with Crippen LogP contribution in [-0.2, 0) is 0 Å². The summed E-state index contributed by atoms with van der Waals surface area (Å²) in [5.41, 5.74) is 0. The third-order valence-corrected chi connectivity index (χ3v) is 15.6. The maximum Gasteiger partial charge on any atom is 0.460 e. The molecule has 0 atom stereocenters. The molecule has 75 heteroatoms. The molecule has 0 saturated heterocycles. The quantitative estimate of drug-likeness (QED) is 0.0439. The van der Waals surface area contributed by atoms with Gasteiger partial charge < -0.3 is 0 Å². The fraction of sp³-hybridized carbons (Fsp3) is 1.00. The van der Waals surface area contributed by atoms with Gasteiger partial charge in [0, 0.05) is 12.8 Å². The topological polar surface area (TPSA) is 0 Å². The van der Waals surface area contributed by atoms with Crippen LogP contribution in [0.2, 0.25) is 0 Å². The summed E-state index contributed by atoms with van der Waals surface area (Å²) in [6, 6.07) is 0. The highest BCUT2D eigenvalue weighted by molar-refractivity contribution is 7.99. The molecular weight excluding hydrogens is 1920 g/mol. The molecular formula is C40H8F74S. The first-order valence-corrected chi connectivity index (χ1v) is 25.9. The highest BCUT2D eigenvalue weighted by Gasteiger charge is 3.06. The van der Waals surface area contributed by atoms with Crippen molar-refractivity contribution >= 4 is 11.8 Å². The summed E-state index contributed by atoms with van der Waals surface area (Å²) in [4.78, 5) is 0. The number of halogens is 74. The first-order chi connectivity index (χ1) is 48.2. The Morgan fingerprint density at radius 3 is 0.243 bits per heavy atom. The summed E-state index contributed by atoms with van der Waals surface area (Å²) in [5, 5.41) is 0. The van der Waals surface area contributed by atoms with E-state index in [4.69, 9.17) is 0 Å². The first-order valence-electron chi connectivity index (χ1n) is 24.8. The van der Waals surface area contributed by atoms with Gasteiger partial charge in [-0.1, -0.05) is 0 Å². The maximum atomic E-state index is 14.4. The van der Waals surface area contributed by atoms with Crippen LogP contribution >= 0.6 is 11.8 Å². The van der Waals surface area contributed by atoms with Crippen molar-refractivity contribution in [1.29, 1.82) is 0 Å². The van der Waals surface area contributed by atoms with Gasteiger partial charge in [-0.3, -0.25) is 0 Å². The summed E-state index contributed by atoms with van der Waals surface area (Å²) in [6.45, 7) is 0. The molecule has 0 aromatic rings. The van der Waals surface area contributed by atoms with Crippen molar-refractivity contribution in [3.05, 3.63) is 0 Å². The Morgan fingerprint density at radius 2 is 0.165 bits per heavy atom. The summed E-state index contributed by atoms with van der Waals surface area (Å²) >= 11 is -2.04. The average molecular weight is 1930 g/mol. The van der Waals surface area contributed by atoms with E-state index in [2.05, 4.69) is 0 Å². The number of hydrogen-bond donors (Lipinski definition) is 0. The minimum absolute atomic E-state index is 2.04. The molecule has 0 rings (SSSR count). The Morgan fingerprint density at radius 1 is 0.0957 bits per heavy atom. The van der Waals surface area contributed by atoms with Crippen LogP contribution in [-0.4, -0.2) is 225 Å². The number of rotatable bonds is 38. The molecule has 0 heterocycles. The van der Waals surface area contributed by atoms with Gasteiger partial charge in [0.15, 0.2) is 0 Å². The van der Waals surface area contributed by atoms with E-state index >= 15 is 0 Å². The lowest BCUT2D eigenvalue weighted by molar-refractivity contribution is -0.493. The fourth-order valence-electron chi connectivity index (χ4n) is 7.15. The van der Waals surface area contributed by atoms with Crippen molar-refractivity contribution in [2.75, 3.05) is 11.5 Å². The highest BCUT2D eigenvalue weighted by atomic mass is 32.2. The van der Waals surface area contributed by atoms with Crippen LogP contribution in [0.15, 0.2) is 0 Å².